The minimum absolute atomic E-state index is 0.0259. The van der Waals surface area contributed by atoms with Gasteiger partial charge in [-0.3, -0.25) is 9.69 Å². The van der Waals surface area contributed by atoms with Crippen LogP contribution in [0.1, 0.15) is 57.4 Å². The fourth-order valence-corrected chi connectivity index (χ4v) is 4.47. The van der Waals surface area contributed by atoms with E-state index in [0.29, 0.717) is 5.92 Å². The van der Waals surface area contributed by atoms with E-state index in [2.05, 4.69) is 16.3 Å². The quantitative estimate of drug-likeness (QED) is 0.856. The van der Waals surface area contributed by atoms with Gasteiger partial charge in [0.25, 0.3) is 0 Å². The normalized spacial score (nSPS) is 22.0. The van der Waals surface area contributed by atoms with Gasteiger partial charge in [0.2, 0.25) is 5.91 Å². The molecule has 1 unspecified atom stereocenters. The monoisotopic (exact) mass is 371 g/mol. The van der Waals surface area contributed by atoms with Gasteiger partial charge in [0, 0.05) is 0 Å². The number of nitrogens with one attached hydrogen (secondary N) is 1. The molecule has 1 N–H and O–H groups in total. The lowest BCUT2D eigenvalue weighted by molar-refractivity contribution is -0.128. The van der Waals surface area contributed by atoms with Crippen LogP contribution in [-0.4, -0.2) is 35.5 Å². The zero-order chi connectivity index (χ0) is 19.3. The molecule has 3 rings (SSSR count). The van der Waals surface area contributed by atoms with Gasteiger partial charge in [0.15, 0.2) is 0 Å². The number of carbonyl (C=O) groups excluding carboxylic acids is 1. The molecule has 1 aromatic rings. The topological polar surface area (TPSA) is 56.1 Å². The van der Waals surface area contributed by atoms with Crippen molar-refractivity contribution in [1.82, 2.24) is 10.2 Å². The summed E-state index contributed by atoms with van der Waals surface area (Å²) in [5.41, 5.74) is 0.381. The molecule has 27 heavy (non-hydrogen) atoms. The molecule has 2 aliphatic rings. The lowest BCUT2D eigenvalue weighted by Crippen LogP contribution is -2.56. The number of halogens is 1. The summed E-state index contributed by atoms with van der Waals surface area (Å²) in [7, 11) is 0. The first-order valence-corrected chi connectivity index (χ1v) is 10.2. The maximum Gasteiger partial charge on any atom is 0.238 e. The van der Waals surface area contributed by atoms with Crippen LogP contribution >= 0.6 is 0 Å². The van der Waals surface area contributed by atoms with Crippen LogP contribution in [-0.2, 0) is 11.2 Å². The summed E-state index contributed by atoms with van der Waals surface area (Å²) in [5.74, 6) is 0.327. The van der Waals surface area contributed by atoms with Gasteiger partial charge in [0.05, 0.1) is 12.1 Å². The fraction of sp³-hybridized carbons (Fsp3) is 0.636. The Hall–Kier alpha value is -1.93. The molecule has 1 saturated heterocycles. The van der Waals surface area contributed by atoms with Gasteiger partial charge >= 0.3 is 0 Å². The summed E-state index contributed by atoms with van der Waals surface area (Å²) in [6.07, 6.45) is 7.60. The first kappa shape index (κ1) is 19.8. The van der Waals surface area contributed by atoms with E-state index >= 15 is 0 Å². The van der Waals surface area contributed by atoms with Crippen molar-refractivity contribution in [2.24, 2.45) is 5.92 Å². The molecule has 1 amide bonds. The van der Waals surface area contributed by atoms with Crippen LogP contribution < -0.4 is 5.32 Å². The summed E-state index contributed by atoms with van der Waals surface area (Å²) in [6, 6.07) is 9.00. The second kappa shape index (κ2) is 8.84. The number of rotatable bonds is 5. The molecule has 1 aliphatic heterocycles. The Labute approximate surface area is 161 Å². The molecule has 4 nitrogen and oxygen atoms in total. The molecule has 1 aliphatic carbocycles. The highest BCUT2D eigenvalue weighted by atomic mass is 19.1. The maximum absolute atomic E-state index is 13.4. The fourth-order valence-electron chi connectivity index (χ4n) is 4.47. The van der Waals surface area contributed by atoms with Crippen LogP contribution in [0, 0.1) is 23.1 Å². The van der Waals surface area contributed by atoms with E-state index in [1.807, 2.05) is 13.0 Å². The second-order valence-corrected chi connectivity index (χ2v) is 8.23. The number of carbonyl (C=O) groups is 1. The van der Waals surface area contributed by atoms with E-state index in [-0.39, 0.29) is 17.8 Å². The number of piperidine rings is 1. The number of benzene rings is 1. The third kappa shape index (κ3) is 5.07. The van der Waals surface area contributed by atoms with Crippen LogP contribution in [0.4, 0.5) is 4.39 Å². The highest BCUT2D eigenvalue weighted by molar-refractivity contribution is 5.82. The Morgan fingerprint density at radius 2 is 2.04 bits per heavy atom. The molecular weight excluding hydrogens is 341 g/mol. The van der Waals surface area contributed by atoms with Crippen LogP contribution in [0.2, 0.25) is 0 Å². The Bertz CT molecular complexity index is 685. The average molecular weight is 372 g/mol. The molecule has 1 atom stereocenters. The third-order valence-electron chi connectivity index (χ3n) is 6.27. The number of amides is 1. The van der Waals surface area contributed by atoms with Crippen LogP contribution in [0.5, 0.6) is 0 Å². The van der Waals surface area contributed by atoms with Gasteiger partial charge in [-0.15, -0.1) is 0 Å². The Kier molecular flexibility index (Phi) is 6.49. The first-order chi connectivity index (χ1) is 13.0. The average Bonchev–Trinajstić information content (AvgIpc) is 2.69. The summed E-state index contributed by atoms with van der Waals surface area (Å²) >= 11 is 0. The molecular formula is C22H30FN3O. The number of nitriles is 1. The SMILES string of the molecule is CC(C(=O)NC1(C#N)CCCCC1)N1CCC(Cc2cccc(F)c2)CC1. The zero-order valence-electron chi connectivity index (χ0n) is 16.2. The van der Waals surface area contributed by atoms with Gasteiger partial charge in [0.1, 0.15) is 11.4 Å². The van der Waals surface area contributed by atoms with Crippen molar-refractivity contribution in [3.05, 3.63) is 35.6 Å². The lowest BCUT2D eigenvalue weighted by Gasteiger charge is -2.38. The molecule has 5 heteroatoms. The van der Waals surface area contributed by atoms with Crippen LogP contribution in [0.15, 0.2) is 24.3 Å². The van der Waals surface area contributed by atoms with Crippen molar-refractivity contribution in [3.63, 3.8) is 0 Å². The first-order valence-electron chi connectivity index (χ1n) is 10.2. The van der Waals surface area contributed by atoms with Crippen molar-refractivity contribution in [2.45, 2.75) is 69.9 Å². The van der Waals surface area contributed by atoms with Crippen molar-refractivity contribution in [2.75, 3.05) is 13.1 Å². The van der Waals surface area contributed by atoms with Crippen molar-refractivity contribution < 1.29 is 9.18 Å². The highest BCUT2D eigenvalue weighted by Crippen LogP contribution is 2.28. The largest absolute Gasteiger partial charge is 0.336 e. The van der Waals surface area contributed by atoms with Crippen molar-refractivity contribution in [1.29, 1.82) is 5.26 Å². The van der Waals surface area contributed by atoms with Gasteiger partial charge in [-0.25, -0.2) is 4.39 Å². The predicted octanol–water partition coefficient (Wildman–Crippen LogP) is 3.81. The molecule has 1 heterocycles. The van der Waals surface area contributed by atoms with Crippen LogP contribution in [0.3, 0.4) is 0 Å². The van der Waals surface area contributed by atoms with Crippen molar-refractivity contribution in [3.8, 4) is 6.07 Å². The number of likely N-dealkylation sites (tertiary alicyclic amines) is 1. The smallest absolute Gasteiger partial charge is 0.238 e. The minimum Gasteiger partial charge on any atom is -0.336 e. The van der Waals surface area contributed by atoms with Crippen molar-refractivity contribution >= 4 is 5.91 Å². The Balaban J connectivity index is 1.49. The number of nitrogens with zero attached hydrogens (tertiary/aromatic N) is 2. The van der Waals surface area contributed by atoms with Crippen LogP contribution in [0.25, 0.3) is 0 Å². The maximum atomic E-state index is 13.4. The lowest BCUT2D eigenvalue weighted by atomic mass is 9.82. The number of hydrogen-bond acceptors (Lipinski definition) is 3. The van der Waals surface area contributed by atoms with E-state index in [4.69, 9.17) is 0 Å². The van der Waals surface area contributed by atoms with E-state index in [1.54, 1.807) is 12.1 Å². The minimum atomic E-state index is -0.667. The molecule has 2 fully saturated rings. The number of hydrogen-bond donors (Lipinski definition) is 1. The second-order valence-electron chi connectivity index (χ2n) is 8.23. The van der Waals surface area contributed by atoms with Gasteiger partial charge in [-0.1, -0.05) is 31.4 Å². The molecule has 0 bridgehead atoms. The molecule has 0 spiro atoms. The molecule has 1 saturated carbocycles. The van der Waals surface area contributed by atoms with E-state index in [9.17, 15) is 14.4 Å². The van der Waals surface area contributed by atoms with E-state index < -0.39 is 5.54 Å². The van der Waals surface area contributed by atoms with Gasteiger partial charge < -0.3 is 5.32 Å². The molecule has 0 radical (unpaired) electrons. The molecule has 0 aromatic heterocycles. The molecule has 146 valence electrons. The highest BCUT2D eigenvalue weighted by Gasteiger charge is 2.36. The van der Waals surface area contributed by atoms with Gasteiger partial charge in [-0.05, 0) is 75.7 Å². The van der Waals surface area contributed by atoms with E-state index in [1.165, 1.54) is 6.07 Å². The summed E-state index contributed by atoms with van der Waals surface area (Å²) in [6.45, 7) is 3.68. The summed E-state index contributed by atoms with van der Waals surface area (Å²) < 4.78 is 13.4. The predicted molar refractivity (Wildman–Crippen MR) is 103 cm³/mol. The zero-order valence-corrected chi connectivity index (χ0v) is 16.2. The standard InChI is InChI=1S/C22H30FN3O/c1-17(21(27)25-22(16-24)10-3-2-4-11-22)26-12-8-18(9-13-26)14-19-6-5-7-20(23)15-19/h5-7,15,17-18H,2-4,8-14H2,1H3,(H,25,27). The molecule has 1 aromatic carbocycles. The van der Waals surface area contributed by atoms with Gasteiger partial charge in [-0.2, -0.15) is 5.26 Å². The summed E-state index contributed by atoms with van der Waals surface area (Å²) in [5, 5.41) is 12.6. The summed E-state index contributed by atoms with van der Waals surface area (Å²) in [4.78, 5) is 15.0. The van der Waals surface area contributed by atoms with E-state index in [0.717, 1.165) is 70.0 Å². The Morgan fingerprint density at radius 3 is 2.67 bits per heavy atom. The third-order valence-corrected chi connectivity index (χ3v) is 6.27. The Morgan fingerprint density at radius 1 is 1.33 bits per heavy atom.